The molecule has 0 aliphatic carbocycles. The van der Waals surface area contributed by atoms with Crippen molar-refractivity contribution in [3.05, 3.63) is 18.2 Å². The lowest BCUT2D eigenvalue weighted by Gasteiger charge is -2.07. The Morgan fingerprint density at radius 3 is 2.90 bits per heavy atom. The topological polar surface area (TPSA) is 67.0 Å². The summed E-state index contributed by atoms with van der Waals surface area (Å²) in [4.78, 5) is 18.5. The Kier molecular flexibility index (Phi) is 4.61. The van der Waals surface area contributed by atoms with Gasteiger partial charge in [0, 0.05) is 6.07 Å². The molecule has 114 valence electrons. The second-order valence-corrected chi connectivity index (χ2v) is 5.07. The summed E-state index contributed by atoms with van der Waals surface area (Å²) < 4.78 is 40.9. The summed E-state index contributed by atoms with van der Waals surface area (Å²) in [5.74, 6) is -0.187. The van der Waals surface area contributed by atoms with Crippen LogP contribution in [0.4, 0.5) is 13.2 Å². The van der Waals surface area contributed by atoms with Crippen LogP contribution in [0.25, 0.3) is 11.0 Å². The van der Waals surface area contributed by atoms with Crippen LogP contribution in [0, 0.1) is 0 Å². The van der Waals surface area contributed by atoms with Gasteiger partial charge in [0.1, 0.15) is 12.3 Å². The van der Waals surface area contributed by atoms with Crippen molar-refractivity contribution >= 4 is 28.7 Å². The Hall–Kier alpha value is -1.90. The van der Waals surface area contributed by atoms with Crippen molar-refractivity contribution in [3.8, 4) is 5.75 Å². The number of nitrogens with zero attached hydrogens (tertiary/aromatic N) is 1. The number of hydrogen-bond donors (Lipinski definition) is 2. The number of ether oxygens (including phenoxy) is 1. The highest BCUT2D eigenvalue weighted by molar-refractivity contribution is 7.99. The molecule has 0 aliphatic heterocycles. The number of benzene rings is 1. The fourth-order valence-corrected chi connectivity index (χ4v) is 2.26. The fourth-order valence-electron chi connectivity index (χ4n) is 1.54. The smallest absolute Gasteiger partial charge is 0.405 e. The number of aromatic amines is 1. The van der Waals surface area contributed by atoms with Crippen molar-refractivity contribution in [3.63, 3.8) is 0 Å². The van der Waals surface area contributed by atoms with Gasteiger partial charge in [0.2, 0.25) is 5.91 Å². The predicted octanol–water partition coefficient (Wildman–Crippen LogP) is 2.34. The molecule has 1 amide bonds. The lowest BCUT2D eigenvalue weighted by Crippen LogP contribution is -2.34. The van der Waals surface area contributed by atoms with Crippen LogP contribution < -0.4 is 10.1 Å². The molecule has 2 rings (SSSR count). The summed E-state index contributed by atoms with van der Waals surface area (Å²) in [6.45, 7) is -1.33. The van der Waals surface area contributed by atoms with E-state index in [9.17, 15) is 18.0 Å². The second kappa shape index (κ2) is 6.25. The Labute approximate surface area is 122 Å². The fraction of sp³-hybridized carbons (Fsp3) is 0.333. The number of carbonyl (C=O) groups excluding carboxylic acids is 1. The molecule has 9 heteroatoms. The minimum atomic E-state index is -4.41. The number of alkyl halides is 3. The molecule has 2 N–H and O–H groups in total. The molecule has 21 heavy (non-hydrogen) atoms. The zero-order valence-electron chi connectivity index (χ0n) is 11.0. The highest BCUT2D eigenvalue weighted by Crippen LogP contribution is 2.23. The Morgan fingerprint density at radius 1 is 1.48 bits per heavy atom. The average molecular weight is 319 g/mol. The molecule has 0 saturated carbocycles. The second-order valence-electron chi connectivity index (χ2n) is 4.11. The number of halogens is 3. The van der Waals surface area contributed by atoms with E-state index in [1.54, 1.807) is 23.5 Å². The van der Waals surface area contributed by atoms with Crippen LogP contribution in [0.3, 0.4) is 0 Å². The average Bonchev–Trinajstić information content (AvgIpc) is 2.83. The Morgan fingerprint density at radius 2 is 2.24 bits per heavy atom. The molecule has 1 heterocycles. The lowest BCUT2D eigenvalue weighted by atomic mass is 10.3. The van der Waals surface area contributed by atoms with E-state index in [-0.39, 0.29) is 5.75 Å². The highest BCUT2D eigenvalue weighted by Gasteiger charge is 2.27. The summed E-state index contributed by atoms with van der Waals surface area (Å²) >= 11 is 1.03. The number of thioether (sulfide) groups is 1. The number of amides is 1. The summed E-state index contributed by atoms with van der Waals surface area (Å²) in [6.07, 6.45) is -4.41. The summed E-state index contributed by atoms with van der Waals surface area (Å²) in [5.41, 5.74) is 1.42. The van der Waals surface area contributed by atoms with Crippen LogP contribution in [0.15, 0.2) is 23.4 Å². The third-order valence-corrected chi connectivity index (χ3v) is 3.37. The molecule has 5 nitrogen and oxygen atoms in total. The first-order valence-corrected chi connectivity index (χ1v) is 6.86. The van der Waals surface area contributed by atoms with Crippen molar-refractivity contribution in [2.45, 2.75) is 11.3 Å². The predicted molar refractivity (Wildman–Crippen MR) is 72.4 cm³/mol. The minimum absolute atomic E-state index is 0.146. The maximum Gasteiger partial charge on any atom is 0.405 e. The number of rotatable bonds is 5. The lowest BCUT2D eigenvalue weighted by molar-refractivity contribution is -0.136. The normalized spacial score (nSPS) is 11.6. The van der Waals surface area contributed by atoms with Gasteiger partial charge < -0.3 is 15.0 Å². The third-order valence-electron chi connectivity index (χ3n) is 2.49. The Balaban J connectivity index is 1.93. The maximum absolute atomic E-state index is 11.9. The summed E-state index contributed by atoms with van der Waals surface area (Å²) in [5, 5.41) is 2.26. The van der Waals surface area contributed by atoms with E-state index in [1.807, 2.05) is 0 Å². The molecule has 0 unspecified atom stereocenters. The third kappa shape index (κ3) is 4.55. The van der Waals surface area contributed by atoms with Crippen LogP contribution in [0.1, 0.15) is 0 Å². The molecule has 0 bridgehead atoms. The zero-order chi connectivity index (χ0) is 15.5. The van der Waals surface area contributed by atoms with Crippen molar-refractivity contribution in [2.24, 2.45) is 0 Å². The van der Waals surface area contributed by atoms with E-state index in [0.29, 0.717) is 16.4 Å². The molecule has 1 aromatic heterocycles. The summed E-state index contributed by atoms with van der Waals surface area (Å²) in [6, 6.07) is 5.24. The van der Waals surface area contributed by atoms with Crippen LogP contribution in [-0.4, -0.2) is 41.5 Å². The number of fused-ring (bicyclic) bond motifs is 1. The highest BCUT2D eigenvalue weighted by atomic mass is 32.2. The monoisotopic (exact) mass is 319 g/mol. The molecule has 0 fully saturated rings. The van der Waals surface area contributed by atoms with Gasteiger partial charge in [-0.25, -0.2) is 4.98 Å². The number of carbonyl (C=O) groups is 1. The van der Waals surface area contributed by atoms with Crippen LogP contribution in [0.5, 0.6) is 5.75 Å². The van der Waals surface area contributed by atoms with E-state index in [1.165, 1.54) is 7.11 Å². The SMILES string of the molecule is COc1ccc2nc(SCC(=O)NCC(F)(F)F)[nH]c2c1. The first kappa shape index (κ1) is 15.5. The van der Waals surface area contributed by atoms with Gasteiger partial charge in [-0.1, -0.05) is 11.8 Å². The van der Waals surface area contributed by atoms with Crippen molar-refractivity contribution < 1.29 is 22.7 Å². The molecule has 0 saturated heterocycles. The van der Waals surface area contributed by atoms with Crippen molar-refractivity contribution in [1.82, 2.24) is 15.3 Å². The van der Waals surface area contributed by atoms with Gasteiger partial charge in [-0.3, -0.25) is 4.79 Å². The Bertz CT molecular complexity index is 642. The van der Waals surface area contributed by atoms with Gasteiger partial charge in [-0.05, 0) is 12.1 Å². The van der Waals surface area contributed by atoms with Gasteiger partial charge in [-0.2, -0.15) is 13.2 Å². The van der Waals surface area contributed by atoms with Gasteiger partial charge in [0.15, 0.2) is 5.16 Å². The molecular weight excluding hydrogens is 307 g/mol. The molecule has 0 aliphatic rings. The van der Waals surface area contributed by atoms with Crippen LogP contribution >= 0.6 is 11.8 Å². The largest absolute Gasteiger partial charge is 0.497 e. The zero-order valence-corrected chi connectivity index (χ0v) is 11.8. The molecule has 2 aromatic rings. The maximum atomic E-state index is 11.9. The standard InChI is InChI=1S/C12H12F3N3O2S/c1-20-7-2-3-8-9(4-7)18-11(17-8)21-5-10(19)16-6-12(13,14)15/h2-4H,5-6H2,1H3,(H,16,19)(H,17,18). The van der Waals surface area contributed by atoms with Crippen LogP contribution in [-0.2, 0) is 4.79 Å². The van der Waals surface area contributed by atoms with Crippen molar-refractivity contribution in [1.29, 1.82) is 0 Å². The minimum Gasteiger partial charge on any atom is -0.497 e. The van der Waals surface area contributed by atoms with Gasteiger partial charge in [0.25, 0.3) is 0 Å². The number of methoxy groups -OCH3 is 1. The van der Waals surface area contributed by atoms with Gasteiger partial charge >= 0.3 is 6.18 Å². The first-order valence-electron chi connectivity index (χ1n) is 5.87. The molecule has 1 aromatic carbocycles. The molecule has 0 atom stereocenters. The number of nitrogens with one attached hydrogen (secondary N) is 2. The van der Waals surface area contributed by atoms with E-state index >= 15 is 0 Å². The number of hydrogen-bond acceptors (Lipinski definition) is 4. The van der Waals surface area contributed by atoms with E-state index in [4.69, 9.17) is 4.74 Å². The van der Waals surface area contributed by atoms with E-state index < -0.39 is 18.6 Å². The molecule has 0 radical (unpaired) electrons. The first-order chi connectivity index (χ1) is 9.87. The quantitative estimate of drug-likeness (QED) is 0.830. The molecular formula is C12H12F3N3O2S. The number of aromatic nitrogens is 2. The summed E-state index contributed by atoms with van der Waals surface area (Å²) in [7, 11) is 1.54. The molecule has 0 spiro atoms. The van der Waals surface area contributed by atoms with E-state index in [0.717, 1.165) is 17.3 Å². The number of imidazole rings is 1. The van der Waals surface area contributed by atoms with E-state index in [2.05, 4.69) is 9.97 Å². The number of H-pyrrole nitrogens is 1. The van der Waals surface area contributed by atoms with Crippen LogP contribution in [0.2, 0.25) is 0 Å². The van der Waals surface area contributed by atoms with Crippen molar-refractivity contribution in [2.75, 3.05) is 19.4 Å². The van der Waals surface area contributed by atoms with Gasteiger partial charge in [0.05, 0.1) is 23.9 Å². The van der Waals surface area contributed by atoms with Gasteiger partial charge in [-0.15, -0.1) is 0 Å².